The molecule has 310 valence electrons. The number of hydrogen-bond acceptors (Lipinski definition) is 5. The Kier molecular flexibility index (Phi) is 8.89. The molecule has 3 aliphatic rings. The van der Waals surface area contributed by atoms with Crippen molar-refractivity contribution in [1.82, 2.24) is 0 Å². The summed E-state index contributed by atoms with van der Waals surface area (Å²) in [5, 5.41) is 1.29. The summed E-state index contributed by atoms with van der Waals surface area (Å²) in [6.07, 6.45) is 0. The number of para-hydroxylation sites is 3. The number of anilines is 9. The third-order valence-electron chi connectivity index (χ3n) is 13.3. The van der Waals surface area contributed by atoms with E-state index in [1.165, 1.54) is 97.6 Å². The second kappa shape index (κ2) is 14.5. The maximum Gasteiger partial charge on any atom is 0.264 e. The number of thiophene rings is 1. The van der Waals surface area contributed by atoms with Crippen LogP contribution < -0.4 is 30.4 Å². The van der Waals surface area contributed by atoms with Crippen LogP contribution in [0.3, 0.4) is 0 Å². The van der Waals surface area contributed by atoms with E-state index in [9.17, 15) is 0 Å². The van der Waals surface area contributed by atoms with E-state index in [1.54, 1.807) is 0 Å². The van der Waals surface area contributed by atoms with E-state index in [4.69, 9.17) is 0 Å². The molecule has 0 aliphatic carbocycles. The predicted octanol–water partition coefficient (Wildman–Crippen LogP) is 15.2. The van der Waals surface area contributed by atoms with Gasteiger partial charge in [-0.3, -0.25) is 0 Å². The molecule has 1 aromatic heterocycles. The Labute approximate surface area is 385 Å². The first-order valence-electron chi connectivity index (χ1n) is 22.4. The van der Waals surface area contributed by atoms with Gasteiger partial charge in [0.05, 0.1) is 22.7 Å². The summed E-state index contributed by atoms with van der Waals surface area (Å²) in [6.45, 7) is 13.9. The van der Waals surface area contributed by atoms with Gasteiger partial charge in [-0.25, -0.2) is 0 Å². The number of fused-ring (bicyclic) bond motifs is 10. The Bertz CT molecular complexity index is 3300. The second-order valence-corrected chi connectivity index (χ2v) is 21.6. The predicted molar refractivity (Wildman–Crippen MR) is 277 cm³/mol. The van der Waals surface area contributed by atoms with Crippen LogP contribution in [0.5, 0.6) is 0 Å². The van der Waals surface area contributed by atoms with E-state index >= 15 is 0 Å². The molecule has 0 amide bonds. The number of nitrogens with zero attached hydrogens (tertiary/aromatic N) is 3. The lowest BCUT2D eigenvalue weighted by molar-refractivity contribution is 0.590. The smallest absolute Gasteiger partial charge is 0.264 e. The summed E-state index contributed by atoms with van der Waals surface area (Å²) in [6, 6.07) is 68.5. The van der Waals surface area contributed by atoms with Gasteiger partial charge in [0.25, 0.3) is 6.71 Å². The highest BCUT2D eigenvalue weighted by molar-refractivity contribution is 7.99. The van der Waals surface area contributed by atoms with E-state index in [0.717, 1.165) is 11.4 Å². The van der Waals surface area contributed by atoms with E-state index in [2.05, 4.69) is 238 Å². The highest BCUT2D eigenvalue weighted by atomic mass is 32.2. The van der Waals surface area contributed by atoms with Gasteiger partial charge in [0, 0.05) is 58.7 Å². The second-order valence-electron chi connectivity index (χ2n) is 19.4. The summed E-state index contributed by atoms with van der Waals surface area (Å²) >= 11 is 3.80. The molecule has 64 heavy (non-hydrogen) atoms. The number of hydrogen-bond donors (Lipinski definition) is 0. The van der Waals surface area contributed by atoms with Crippen molar-refractivity contribution in [3.8, 4) is 11.1 Å². The highest BCUT2D eigenvalue weighted by Crippen LogP contribution is 2.53. The lowest BCUT2D eigenvalue weighted by Crippen LogP contribution is -2.60. The van der Waals surface area contributed by atoms with Gasteiger partial charge >= 0.3 is 0 Å². The average Bonchev–Trinajstić information content (AvgIpc) is 3.69. The van der Waals surface area contributed by atoms with Gasteiger partial charge < -0.3 is 14.7 Å². The van der Waals surface area contributed by atoms with Crippen LogP contribution in [0, 0.1) is 0 Å². The molecular weight excluding hydrogens is 814 g/mol. The van der Waals surface area contributed by atoms with E-state index in [0.29, 0.717) is 0 Å². The molecule has 6 heteroatoms. The van der Waals surface area contributed by atoms with Gasteiger partial charge in [0.2, 0.25) is 0 Å². The maximum atomic E-state index is 2.62. The van der Waals surface area contributed by atoms with E-state index in [-0.39, 0.29) is 17.5 Å². The lowest BCUT2D eigenvalue weighted by atomic mass is 9.36. The van der Waals surface area contributed by atoms with Crippen LogP contribution in [0.1, 0.15) is 52.7 Å². The highest BCUT2D eigenvalue weighted by Gasteiger charge is 2.46. The third-order valence-corrected chi connectivity index (χ3v) is 15.7. The van der Waals surface area contributed by atoms with Crippen LogP contribution in [-0.2, 0) is 10.8 Å². The summed E-state index contributed by atoms with van der Waals surface area (Å²) in [4.78, 5) is 10.0. The van der Waals surface area contributed by atoms with Crippen molar-refractivity contribution in [2.24, 2.45) is 0 Å². The zero-order chi connectivity index (χ0) is 43.5. The molecule has 3 nitrogen and oxygen atoms in total. The zero-order valence-corrected chi connectivity index (χ0v) is 38.7. The van der Waals surface area contributed by atoms with Crippen LogP contribution in [0.25, 0.3) is 21.2 Å². The molecule has 0 atom stereocenters. The molecule has 0 radical (unpaired) electrons. The fourth-order valence-electron chi connectivity index (χ4n) is 10.2. The van der Waals surface area contributed by atoms with Crippen molar-refractivity contribution in [3.05, 3.63) is 193 Å². The fraction of sp³-hybridized carbons (Fsp3) is 0.138. The van der Waals surface area contributed by atoms with Crippen LogP contribution >= 0.6 is 23.1 Å². The third kappa shape index (κ3) is 6.10. The Hall–Kier alpha value is -6.47. The fourth-order valence-corrected chi connectivity index (χ4v) is 12.5. The quantitative estimate of drug-likeness (QED) is 0.164. The minimum atomic E-state index is -0.0224. The molecule has 9 aromatic rings. The van der Waals surface area contributed by atoms with Crippen molar-refractivity contribution < 1.29 is 0 Å². The molecule has 8 aromatic carbocycles. The van der Waals surface area contributed by atoms with Gasteiger partial charge in [-0.15, -0.1) is 11.3 Å². The first kappa shape index (κ1) is 39.2. The van der Waals surface area contributed by atoms with Crippen LogP contribution in [0.4, 0.5) is 51.2 Å². The summed E-state index contributed by atoms with van der Waals surface area (Å²) in [7, 11) is 0. The molecule has 12 rings (SSSR count). The molecule has 3 aliphatic heterocycles. The summed E-state index contributed by atoms with van der Waals surface area (Å²) < 4.78 is 2.68. The molecule has 0 saturated heterocycles. The van der Waals surface area contributed by atoms with E-state index in [1.807, 2.05) is 23.1 Å². The Morgan fingerprint density at radius 1 is 0.438 bits per heavy atom. The van der Waals surface area contributed by atoms with Crippen molar-refractivity contribution in [2.75, 3.05) is 14.7 Å². The normalized spacial score (nSPS) is 13.9. The zero-order valence-electron chi connectivity index (χ0n) is 37.1. The topological polar surface area (TPSA) is 9.72 Å². The van der Waals surface area contributed by atoms with E-state index < -0.39 is 0 Å². The minimum absolute atomic E-state index is 0.0224. The van der Waals surface area contributed by atoms with Crippen molar-refractivity contribution >= 4 is 107 Å². The van der Waals surface area contributed by atoms with Crippen molar-refractivity contribution in [3.63, 3.8) is 0 Å². The maximum absolute atomic E-state index is 2.62. The van der Waals surface area contributed by atoms with Crippen LogP contribution in [0.2, 0.25) is 0 Å². The molecule has 0 unspecified atom stereocenters. The van der Waals surface area contributed by atoms with Gasteiger partial charge in [0.1, 0.15) is 0 Å². The van der Waals surface area contributed by atoms with Gasteiger partial charge in [-0.1, -0.05) is 156 Å². The van der Waals surface area contributed by atoms with Crippen molar-refractivity contribution in [2.45, 2.75) is 62.2 Å². The monoisotopic (exact) mass is 861 g/mol. The molecule has 0 spiro atoms. The van der Waals surface area contributed by atoms with Gasteiger partial charge in [0.15, 0.2) is 0 Å². The number of rotatable bonds is 3. The Morgan fingerprint density at radius 3 is 1.77 bits per heavy atom. The first-order chi connectivity index (χ1) is 31.0. The van der Waals surface area contributed by atoms with Gasteiger partial charge in [-0.2, -0.15) is 0 Å². The SMILES string of the molecule is CC(C)(C)c1ccc(-c2cc(C(C)(C)C)ccc2N2c3cccc4c3B(c3ccc5cc3N4c3ccccc3Sc3ccccc3N5c3ccccc3)c3sc4ccccc4c32)cc1. The molecular formula is C58H48BN3S2. The number of benzene rings is 8. The lowest BCUT2D eigenvalue weighted by Gasteiger charge is -2.44. The van der Waals surface area contributed by atoms with Crippen LogP contribution in [-0.4, -0.2) is 6.71 Å². The van der Waals surface area contributed by atoms with Crippen LogP contribution in [0.15, 0.2) is 192 Å². The Balaban J connectivity index is 1.15. The molecule has 0 saturated carbocycles. The summed E-state index contributed by atoms with van der Waals surface area (Å²) in [5.41, 5.74) is 18.6. The summed E-state index contributed by atoms with van der Waals surface area (Å²) in [5.74, 6) is 0. The molecule has 2 bridgehead atoms. The molecule has 4 heterocycles. The van der Waals surface area contributed by atoms with Crippen molar-refractivity contribution in [1.29, 1.82) is 0 Å². The van der Waals surface area contributed by atoms with Gasteiger partial charge in [-0.05, 0) is 117 Å². The molecule has 0 N–H and O–H groups in total. The minimum Gasteiger partial charge on any atom is -0.310 e. The average molecular weight is 862 g/mol. The first-order valence-corrected chi connectivity index (χ1v) is 24.0. The largest absolute Gasteiger partial charge is 0.310 e. The Morgan fingerprint density at radius 2 is 1.05 bits per heavy atom. The standard InChI is InChI=1S/C58H48BN3S2/c1-57(2,3)38-29-27-37(28-30-38)43-35-39(58(4,5)6)31-34-45(43)62-49-23-16-22-48-54(49)59(56-55(62)42-19-10-13-24-51(42)64-56)44-33-32-41-36-50(44)61(48)47-21-12-15-26-53(47)63-52-25-14-11-20-46(52)60(41)40-17-8-7-9-18-40/h7-36H,1-6H3. The molecule has 0 fully saturated rings.